The van der Waals surface area contributed by atoms with Crippen LogP contribution >= 0.6 is 0 Å². The molecule has 3 aliphatic rings. The number of ether oxygens (including phenoxy) is 1. The van der Waals surface area contributed by atoms with Crippen LogP contribution in [0.4, 0.5) is 11.4 Å². The Kier molecular flexibility index (Phi) is 7.25. The first-order valence-corrected chi connectivity index (χ1v) is 14.1. The predicted octanol–water partition coefficient (Wildman–Crippen LogP) is 3.13. The Hall–Kier alpha value is -4.54. The van der Waals surface area contributed by atoms with Gasteiger partial charge in [-0.25, -0.2) is 9.97 Å². The van der Waals surface area contributed by atoms with Crippen LogP contribution in [0.5, 0.6) is 5.75 Å². The lowest BCUT2D eigenvalue weighted by Gasteiger charge is -2.34. The summed E-state index contributed by atoms with van der Waals surface area (Å²) in [5.74, 6) is 6.89. The van der Waals surface area contributed by atoms with Crippen molar-refractivity contribution in [3.05, 3.63) is 42.1 Å². The number of aromatic amines is 1. The van der Waals surface area contributed by atoms with Gasteiger partial charge in [0.15, 0.2) is 5.65 Å². The molecule has 1 saturated carbocycles. The first-order valence-electron chi connectivity index (χ1n) is 14.1. The number of nitrogens with one attached hydrogen (secondary N) is 2. The fourth-order valence-corrected chi connectivity index (χ4v) is 6.32. The van der Waals surface area contributed by atoms with E-state index >= 15 is 0 Å². The molecule has 210 valence electrons. The van der Waals surface area contributed by atoms with Gasteiger partial charge in [0, 0.05) is 56.6 Å². The van der Waals surface area contributed by atoms with E-state index in [1.165, 1.54) is 6.20 Å². The van der Waals surface area contributed by atoms with Gasteiger partial charge in [-0.1, -0.05) is 12.2 Å². The number of amides is 1. The summed E-state index contributed by atoms with van der Waals surface area (Å²) in [6.07, 6.45) is 7.24. The molecule has 0 radical (unpaired) electrons. The number of likely N-dealkylation sites (N-methyl/N-ethyl adjacent to an activating group) is 1. The van der Waals surface area contributed by atoms with Crippen LogP contribution in [0.2, 0.25) is 0 Å². The first kappa shape index (κ1) is 26.7. The third-order valence-electron chi connectivity index (χ3n) is 8.49. The van der Waals surface area contributed by atoms with Crippen molar-refractivity contribution in [2.75, 3.05) is 50.1 Å². The minimum Gasteiger partial charge on any atom is -0.492 e. The maximum atomic E-state index is 12.3. The molecule has 10 heteroatoms. The molecule has 2 aromatic heterocycles. The highest BCUT2D eigenvalue weighted by Gasteiger charge is 2.47. The molecule has 1 aliphatic heterocycles. The molecular weight excluding hydrogens is 516 g/mol. The summed E-state index contributed by atoms with van der Waals surface area (Å²) < 4.78 is 6.25. The second-order valence-corrected chi connectivity index (χ2v) is 11.0. The molecule has 10 nitrogen and oxygen atoms in total. The molecule has 0 spiro atoms. The molecule has 2 aliphatic carbocycles. The molecule has 3 heterocycles. The fourth-order valence-electron chi connectivity index (χ4n) is 6.32. The molecule has 1 saturated heterocycles. The molecule has 0 unspecified atom stereocenters. The topological polar surface area (TPSA) is 136 Å². The van der Waals surface area contributed by atoms with Crippen LogP contribution in [0.3, 0.4) is 0 Å². The number of imidazole rings is 1. The van der Waals surface area contributed by atoms with Gasteiger partial charge in [-0.15, -0.1) is 11.8 Å². The Balaban J connectivity index is 1.37. The number of pyridine rings is 1. The third-order valence-corrected chi connectivity index (χ3v) is 8.49. The molecule has 41 heavy (non-hydrogen) atoms. The number of fused-ring (bicyclic) bond motifs is 3. The number of hydrogen-bond acceptors (Lipinski definition) is 8. The number of primary amides is 1. The standard InChI is InChI=1S/C31H34N8O2/c1-3-4-5-14-41-24-16-22(39-12-10-38(2)11-13-39)8-9-23(24)30-36-28-27(21(17-32)18-34-31(28)37-30)35-26-20-7-6-19(15-20)25(26)29(33)40/h6-9,16,18-20,25-26H,5,10-15H2,1-2H3,(H2,33,40)(H2,34,35,36,37)/t19-,20+,25+,26-/m1/s1. The van der Waals surface area contributed by atoms with Gasteiger partial charge >= 0.3 is 0 Å². The Labute approximate surface area is 239 Å². The minimum absolute atomic E-state index is 0.117. The largest absolute Gasteiger partial charge is 0.492 e. The number of piperazine rings is 1. The van der Waals surface area contributed by atoms with Crippen molar-refractivity contribution in [2.24, 2.45) is 23.5 Å². The highest BCUT2D eigenvalue weighted by Crippen LogP contribution is 2.46. The lowest BCUT2D eigenvalue weighted by Crippen LogP contribution is -2.44. The number of benzene rings is 1. The van der Waals surface area contributed by atoms with E-state index in [1.807, 2.05) is 13.0 Å². The van der Waals surface area contributed by atoms with Crippen molar-refractivity contribution in [3.63, 3.8) is 0 Å². The molecular formula is C31H34N8O2. The molecule has 1 amide bonds. The molecule has 2 fully saturated rings. The Morgan fingerprint density at radius 1 is 1.24 bits per heavy atom. The highest BCUT2D eigenvalue weighted by molar-refractivity contribution is 5.92. The van der Waals surface area contributed by atoms with E-state index in [-0.39, 0.29) is 29.7 Å². The lowest BCUT2D eigenvalue weighted by molar-refractivity contribution is -0.122. The SMILES string of the molecule is CC#CCCOc1cc(N2CCN(C)CC2)ccc1-c1nc2ncc(C#N)c(N[C@H]3[C@@H](C(N)=O)[C@@H]4C=C[C@H]3C4)c2[nH]1. The number of nitrogens with zero attached hydrogens (tertiary/aromatic N) is 5. The van der Waals surface area contributed by atoms with E-state index in [2.05, 4.69) is 74.3 Å². The first-order chi connectivity index (χ1) is 20.0. The summed E-state index contributed by atoms with van der Waals surface area (Å²) in [6, 6.07) is 8.23. The van der Waals surface area contributed by atoms with E-state index in [1.54, 1.807) is 0 Å². The van der Waals surface area contributed by atoms with Gasteiger partial charge in [-0.2, -0.15) is 5.26 Å². The van der Waals surface area contributed by atoms with Crippen LogP contribution in [-0.2, 0) is 4.79 Å². The number of nitrogens with two attached hydrogens (primary N) is 1. The zero-order valence-corrected chi connectivity index (χ0v) is 23.4. The summed E-state index contributed by atoms with van der Waals surface area (Å²) in [6.45, 7) is 6.18. The summed E-state index contributed by atoms with van der Waals surface area (Å²) >= 11 is 0. The van der Waals surface area contributed by atoms with Gasteiger partial charge < -0.3 is 30.6 Å². The summed E-state index contributed by atoms with van der Waals surface area (Å²) in [7, 11) is 2.14. The van der Waals surface area contributed by atoms with Crippen LogP contribution in [0.15, 0.2) is 36.5 Å². The van der Waals surface area contributed by atoms with Crippen LogP contribution in [-0.4, -0.2) is 71.6 Å². The average Bonchev–Trinajstić information content (AvgIpc) is 3.71. The van der Waals surface area contributed by atoms with E-state index < -0.39 is 0 Å². The number of rotatable bonds is 8. The van der Waals surface area contributed by atoms with Crippen LogP contribution in [0, 0.1) is 40.9 Å². The van der Waals surface area contributed by atoms with Gasteiger partial charge in [-0.3, -0.25) is 4.79 Å². The minimum atomic E-state index is -0.338. The second-order valence-electron chi connectivity index (χ2n) is 11.0. The van der Waals surface area contributed by atoms with Gasteiger partial charge in [0.2, 0.25) is 5.91 Å². The average molecular weight is 551 g/mol. The van der Waals surface area contributed by atoms with Crippen molar-refractivity contribution >= 4 is 28.4 Å². The van der Waals surface area contributed by atoms with Crippen LogP contribution in [0.25, 0.3) is 22.6 Å². The maximum absolute atomic E-state index is 12.3. The van der Waals surface area contributed by atoms with E-state index in [9.17, 15) is 10.1 Å². The lowest BCUT2D eigenvalue weighted by atomic mass is 9.88. The molecule has 4 N–H and O–H groups in total. The van der Waals surface area contributed by atoms with Crippen LogP contribution in [0.1, 0.15) is 25.3 Å². The molecule has 6 rings (SSSR count). The second kappa shape index (κ2) is 11.1. The Morgan fingerprint density at radius 2 is 2.05 bits per heavy atom. The fraction of sp³-hybridized carbons (Fsp3) is 0.419. The number of aromatic nitrogens is 3. The number of hydrogen-bond donors (Lipinski definition) is 3. The summed E-state index contributed by atoms with van der Waals surface area (Å²) in [5, 5.41) is 13.4. The summed E-state index contributed by atoms with van der Waals surface area (Å²) in [4.78, 5) is 29.7. The number of anilines is 2. The van der Waals surface area contributed by atoms with E-state index in [4.69, 9.17) is 15.5 Å². The van der Waals surface area contributed by atoms with Gasteiger partial charge in [-0.05, 0) is 44.4 Å². The molecule has 4 atom stereocenters. The van der Waals surface area contributed by atoms with Crippen LogP contribution < -0.4 is 20.7 Å². The van der Waals surface area contributed by atoms with E-state index in [0.717, 1.165) is 43.9 Å². The third kappa shape index (κ3) is 5.07. The van der Waals surface area contributed by atoms with Crippen molar-refractivity contribution in [2.45, 2.75) is 25.8 Å². The monoisotopic (exact) mass is 550 g/mol. The Morgan fingerprint density at radius 3 is 2.80 bits per heavy atom. The number of H-pyrrole nitrogens is 1. The van der Waals surface area contributed by atoms with Crippen molar-refractivity contribution in [1.29, 1.82) is 5.26 Å². The number of allylic oxidation sites excluding steroid dienone is 1. The van der Waals surface area contributed by atoms with Crippen molar-refractivity contribution < 1.29 is 9.53 Å². The Bertz CT molecular complexity index is 1600. The molecule has 1 aromatic carbocycles. The number of nitriles is 1. The van der Waals surface area contributed by atoms with Gasteiger partial charge in [0.1, 0.15) is 23.2 Å². The maximum Gasteiger partial charge on any atom is 0.223 e. The van der Waals surface area contributed by atoms with Crippen molar-refractivity contribution in [1.82, 2.24) is 19.9 Å². The van der Waals surface area contributed by atoms with Gasteiger partial charge in [0.05, 0.1) is 29.3 Å². The van der Waals surface area contributed by atoms with Gasteiger partial charge in [0.25, 0.3) is 0 Å². The molecule has 2 bridgehead atoms. The molecule has 3 aromatic rings. The smallest absolute Gasteiger partial charge is 0.223 e. The predicted molar refractivity (Wildman–Crippen MR) is 158 cm³/mol. The number of carbonyl (C=O) groups is 1. The zero-order valence-electron chi connectivity index (χ0n) is 23.4. The quantitative estimate of drug-likeness (QED) is 0.221. The summed E-state index contributed by atoms with van der Waals surface area (Å²) in [5.41, 5.74) is 9.75. The highest BCUT2D eigenvalue weighted by atomic mass is 16.5. The normalized spacial score (nSPS) is 23.3. The van der Waals surface area contributed by atoms with E-state index in [0.29, 0.717) is 47.0 Å². The van der Waals surface area contributed by atoms with Crippen molar-refractivity contribution in [3.8, 4) is 35.0 Å². The zero-order chi connectivity index (χ0) is 28.5. The number of carbonyl (C=O) groups excluding carboxylic acids is 1.